The van der Waals surface area contributed by atoms with Gasteiger partial charge in [-0.15, -0.1) is 10.2 Å². The second-order valence-corrected chi connectivity index (χ2v) is 4.58. The van der Waals surface area contributed by atoms with Crippen LogP contribution in [0.2, 0.25) is 0 Å². The van der Waals surface area contributed by atoms with E-state index >= 15 is 0 Å². The predicted molar refractivity (Wildman–Crippen MR) is 50.8 cm³/mol. The lowest BCUT2D eigenvalue weighted by Crippen LogP contribution is -2.31. The van der Waals surface area contributed by atoms with Gasteiger partial charge in [0.2, 0.25) is 0 Å². The largest absolute Gasteiger partial charge is 0.271 e. The summed E-state index contributed by atoms with van der Waals surface area (Å²) in [5.74, 6) is 6.71. The highest BCUT2D eigenvalue weighted by Gasteiger charge is 2.51. The number of nitrogens with two attached hydrogens (primary N) is 1. The van der Waals surface area contributed by atoms with Gasteiger partial charge in [0.05, 0.1) is 13.1 Å². The standard InChI is InChI=1S/C8H16N6/c1-8(2)4-5(8)6(10-9)7-11-13-14(3)12-7/h5-6,10H,4,9H2,1-3H3. The molecule has 6 nitrogen and oxygen atoms in total. The smallest absolute Gasteiger partial charge is 0.193 e. The third-order valence-corrected chi connectivity index (χ3v) is 2.97. The fourth-order valence-corrected chi connectivity index (χ4v) is 1.87. The number of rotatable bonds is 3. The number of hydrazine groups is 1. The van der Waals surface area contributed by atoms with Crippen molar-refractivity contribution in [1.29, 1.82) is 0 Å². The van der Waals surface area contributed by atoms with E-state index in [-0.39, 0.29) is 6.04 Å². The van der Waals surface area contributed by atoms with Crippen molar-refractivity contribution in [3.8, 4) is 0 Å². The number of nitrogens with one attached hydrogen (secondary N) is 1. The first-order chi connectivity index (χ1) is 6.54. The lowest BCUT2D eigenvalue weighted by atomic mass is 10.0. The molecule has 1 heterocycles. The third-order valence-electron chi connectivity index (χ3n) is 2.97. The Labute approximate surface area is 82.8 Å². The minimum atomic E-state index is 0.0266. The van der Waals surface area contributed by atoms with Crippen molar-refractivity contribution in [2.45, 2.75) is 26.3 Å². The van der Waals surface area contributed by atoms with Crippen LogP contribution in [-0.4, -0.2) is 20.2 Å². The molecule has 0 aliphatic heterocycles. The SMILES string of the molecule is Cn1nnc(C(NN)C2CC2(C)C)n1. The summed E-state index contributed by atoms with van der Waals surface area (Å²) in [7, 11) is 1.75. The van der Waals surface area contributed by atoms with Crippen LogP contribution < -0.4 is 11.3 Å². The van der Waals surface area contributed by atoms with E-state index in [1.54, 1.807) is 7.05 Å². The minimum absolute atomic E-state index is 0.0266. The van der Waals surface area contributed by atoms with E-state index in [0.29, 0.717) is 17.2 Å². The molecular formula is C8H16N6. The van der Waals surface area contributed by atoms with Gasteiger partial charge in [-0.1, -0.05) is 13.8 Å². The first-order valence-corrected chi connectivity index (χ1v) is 4.74. The van der Waals surface area contributed by atoms with Crippen molar-refractivity contribution in [3.63, 3.8) is 0 Å². The molecule has 3 N–H and O–H groups in total. The Morgan fingerprint density at radius 3 is 2.64 bits per heavy atom. The molecule has 0 amide bonds. The molecule has 0 aromatic carbocycles. The third kappa shape index (κ3) is 1.51. The molecule has 1 aromatic rings. The highest BCUT2D eigenvalue weighted by atomic mass is 15.6. The molecule has 0 saturated heterocycles. The minimum Gasteiger partial charge on any atom is -0.271 e. The van der Waals surface area contributed by atoms with Gasteiger partial charge >= 0.3 is 0 Å². The van der Waals surface area contributed by atoms with Crippen molar-refractivity contribution in [3.05, 3.63) is 5.82 Å². The van der Waals surface area contributed by atoms with Crippen LogP contribution in [0.1, 0.15) is 32.1 Å². The second-order valence-electron chi connectivity index (χ2n) is 4.58. The van der Waals surface area contributed by atoms with Crippen molar-refractivity contribution >= 4 is 0 Å². The van der Waals surface area contributed by atoms with Crippen molar-refractivity contribution in [2.75, 3.05) is 0 Å². The monoisotopic (exact) mass is 196 g/mol. The Morgan fingerprint density at radius 2 is 2.29 bits per heavy atom. The topological polar surface area (TPSA) is 81.7 Å². The van der Waals surface area contributed by atoms with Gasteiger partial charge in [-0.2, -0.15) is 4.80 Å². The van der Waals surface area contributed by atoms with Crippen molar-refractivity contribution < 1.29 is 0 Å². The van der Waals surface area contributed by atoms with Gasteiger partial charge in [0.15, 0.2) is 5.82 Å². The maximum atomic E-state index is 5.51. The van der Waals surface area contributed by atoms with E-state index < -0.39 is 0 Å². The molecule has 0 spiro atoms. The van der Waals surface area contributed by atoms with Gasteiger partial charge < -0.3 is 0 Å². The fraction of sp³-hybridized carbons (Fsp3) is 0.875. The second kappa shape index (κ2) is 2.99. The molecule has 2 unspecified atom stereocenters. The maximum Gasteiger partial charge on any atom is 0.193 e. The Morgan fingerprint density at radius 1 is 1.64 bits per heavy atom. The lowest BCUT2D eigenvalue weighted by Gasteiger charge is -2.13. The van der Waals surface area contributed by atoms with Gasteiger partial charge in [-0.05, 0) is 23.0 Å². The summed E-state index contributed by atoms with van der Waals surface area (Å²) in [6.45, 7) is 4.44. The molecule has 14 heavy (non-hydrogen) atoms. The Hall–Kier alpha value is -1.01. The maximum absolute atomic E-state index is 5.51. The van der Waals surface area contributed by atoms with Crippen LogP contribution in [0.5, 0.6) is 0 Å². The van der Waals surface area contributed by atoms with Gasteiger partial charge in [-0.25, -0.2) is 5.43 Å². The quantitative estimate of drug-likeness (QED) is 0.515. The summed E-state index contributed by atoms with van der Waals surface area (Å²) in [4.78, 5) is 1.45. The number of aromatic nitrogens is 4. The first-order valence-electron chi connectivity index (χ1n) is 4.74. The summed E-state index contributed by atoms with van der Waals surface area (Å²) in [5, 5.41) is 11.9. The van der Waals surface area contributed by atoms with Gasteiger partial charge in [0.1, 0.15) is 0 Å². The van der Waals surface area contributed by atoms with E-state index in [4.69, 9.17) is 5.84 Å². The molecule has 1 aliphatic rings. The molecule has 1 saturated carbocycles. The molecule has 6 heteroatoms. The predicted octanol–water partition coefficient (Wildman–Crippen LogP) is -0.239. The Bertz CT molecular complexity index is 330. The van der Waals surface area contributed by atoms with Crippen molar-refractivity contribution in [1.82, 2.24) is 25.6 Å². The Kier molecular flexibility index (Phi) is 2.04. The lowest BCUT2D eigenvalue weighted by molar-refractivity contribution is 0.405. The summed E-state index contributed by atoms with van der Waals surface area (Å²) in [6, 6.07) is 0.0266. The number of nitrogens with zero attached hydrogens (tertiary/aromatic N) is 4. The highest BCUT2D eigenvalue weighted by Crippen LogP contribution is 2.56. The molecule has 1 fully saturated rings. The zero-order valence-corrected chi connectivity index (χ0v) is 8.73. The molecular weight excluding hydrogens is 180 g/mol. The van der Waals surface area contributed by atoms with E-state index in [2.05, 4.69) is 34.7 Å². The zero-order chi connectivity index (χ0) is 10.3. The zero-order valence-electron chi connectivity index (χ0n) is 8.73. The van der Waals surface area contributed by atoms with Gasteiger partial charge in [0, 0.05) is 0 Å². The number of aryl methyl sites for hydroxylation is 1. The van der Waals surface area contributed by atoms with Crippen molar-refractivity contribution in [2.24, 2.45) is 24.2 Å². The first kappa shape index (κ1) is 9.54. The normalized spacial score (nSPS) is 26.1. The van der Waals surface area contributed by atoms with E-state index in [9.17, 15) is 0 Å². The van der Waals surface area contributed by atoms with E-state index in [1.165, 1.54) is 4.80 Å². The van der Waals surface area contributed by atoms with Crippen LogP contribution >= 0.6 is 0 Å². The Balaban J connectivity index is 2.15. The molecule has 0 radical (unpaired) electrons. The summed E-state index contributed by atoms with van der Waals surface area (Å²) in [6.07, 6.45) is 1.15. The van der Waals surface area contributed by atoms with Gasteiger partial charge in [-0.3, -0.25) is 5.84 Å². The van der Waals surface area contributed by atoms with Crippen LogP contribution in [0.25, 0.3) is 0 Å². The van der Waals surface area contributed by atoms with E-state index in [0.717, 1.165) is 6.42 Å². The number of tetrazole rings is 1. The van der Waals surface area contributed by atoms with E-state index in [1.807, 2.05) is 0 Å². The summed E-state index contributed by atoms with van der Waals surface area (Å²) >= 11 is 0. The fourth-order valence-electron chi connectivity index (χ4n) is 1.87. The molecule has 1 aliphatic carbocycles. The van der Waals surface area contributed by atoms with Crippen LogP contribution in [0.15, 0.2) is 0 Å². The summed E-state index contributed by atoms with van der Waals surface area (Å²) in [5.41, 5.74) is 3.11. The van der Waals surface area contributed by atoms with Crippen LogP contribution in [-0.2, 0) is 7.05 Å². The number of hydrogen-bond acceptors (Lipinski definition) is 5. The molecule has 78 valence electrons. The number of hydrogen-bond donors (Lipinski definition) is 2. The molecule has 2 atom stereocenters. The average molecular weight is 196 g/mol. The van der Waals surface area contributed by atoms with Crippen LogP contribution in [0.4, 0.5) is 0 Å². The molecule has 2 rings (SSSR count). The molecule has 1 aromatic heterocycles. The van der Waals surface area contributed by atoms with Crippen LogP contribution in [0, 0.1) is 11.3 Å². The average Bonchev–Trinajstić information content (AvgIpc) is 2.56. The van der Waals surface area contributed by atoms with Gasteiger partial charge in [0.25, 0.3) is 0 Å². The van der Waals surface area contributed by atoms with Crippen LogP contribution in [0.3, 0.4) is 0 Å². The summed E-state index contributed by atoms with van der Waals surface area (Å²) < 4.78 is 0. The highest BCUT2D eigenvalue weighted by molar-refractivity contribution is 5.07. The molecule has 0 bridgehead atoms.